The number of benzene rings is 2. The van der Waals surface area contributed by atoms with E-state index in [2.05, 4.69) is 59.5 Å². The third kappa shape index (κ3) is 2.17. The molecule has 1 aliphatic carbocycles. The summed E-state index contributed by atoms with van der Waals surface area (Å²) >= 11 is 0. The Morgan fingerprint density at radius 2 is 1.89 bits per heavy atom. The van der Waals surface area contributed by atoms with Gasteiger partial charge in [0.1, 0.15) is 0 Å². The van der Waals surface area contributed by atoms with Crippen LogP contribution in [0.2, 0.25) is 0 Å². The van der Waals surface area contributed by atoms with Gasteiger partial charge in [0.05, 0.1) is 0 Å². The molecule has 2 unspecified atom stereocenters. The largest absolute Gasteiger partial charge is 0.183 e. The first kappa shape index (κ1) is 15.4. The van der Waals surface area contributed by atoms with E-state index in [1.165, 1.54) is 27.8 Å². The van der Waals surface area contributed by atoms with E-state index >= 15 is 0 Å². The van der Waals surface area contributed by atoms with E-state index in [-0.39, 0.29) is 38.1 Å². The van der Waals surface area contributed by atoms with Gasteiger partial charge in [-0.3, -0.25) is 0 Å². The maximum absolute atomic E-state index is 3.26. The van der Waals surface area contributed by atoms with Crippen LogP contribution in [0.5, 0.6) is 0 Å². The average Bonchev–Trinajstić information content (AvgIpc) is 2.68. The Morgan fingerprint density at radius 3 is 2.58 bits per heavy atom. The summed E-state index contributed by atoms with van der Waals surface area (Å²) in [6, 6.07) is 16.5. The molecule has 2 heteroatoms. The molecular weight excluding hydrogens is 324 g/mol. The molecule has 3 rings (SSSR count). The van der Waals surface area contributed by atoms with Crippen LogP contribution in [0.1, 0.15) is 30.0 Å². The molecule has 0 aliphatic heterocycles. The Bertz CT molecular complexity index is 600. The van der Waals surface area contributed by atoms with E-state index in [1.54, 1.807) is 0 Å². The molecule has 19 heavy (non-hydrogen) atoms. The molecule has 0 amide bonds. The summed E-state index contributed by atoms with van der Waals surface area (Å²) < 4.78 is 0. The van der Waals surface area contributed by atoms with Gasteiger partial charge in [0.2, 0.25) is 0 Å². The molecule has 1 aliphatic rings. The third-order valence-corrected chi connectivity index (χ3v) is 5.01. The summed E-state index contributed by atoms with van der Waals surface area (Å²) in [7, 11) is 2.94. The molecule has 0 nitrogen and oxygen atoms in total. The van der Waals surface area contributed by atoms with Gasteiger partial charge < -0.3 is 0 Å². The summed E-state index contributed by atoms with van der Waals surface area (Å²) in [5.74, 6) is 0. The zero-order valence-corrected chi connectivity index (χ0v) is 15.5. The maximum atomic E-state index is 3.26. The smallest absolute Gasteiger partial charge is 0 e. The van der Waals surface area contributed by atoms with E-state index in [4.69, 9.17) is 0 Å². The molecule has 0 fully saturated rings. The van der Waals surface area contributed by atoms with Crippen LogP contribution in [0.15, 0.2) is 36.4 Å². The molecule has 0 N–H and O–H groups in total. The fourth-order valence-corrected chi connectivity index (χ4v) is 3.97. The van der Waals surface area contributed by atoms with Crippen LogP contribution in [0, 0.1) is 13.0 Å². The average molecular weight is 342 g/mol. The van der Waals surface area contributed by atoms with Crippen LogP contribution in [-0.4, -0.2) is 6.16 Å². The van der Waals surface area contributed by atoms with Crippen molar-refractivity contribution in [3.63, 3.8) is 0 Å². The molecular formula is C17H18PY-. The summed E-state index contributed by atoms with van der Waals surface area (Å²) in [5.41, 5.74) is 7.26. The van der Waals surface area contributed by atoms with Gasteiger partial charge in [-0.1, -0.05) is 37.1 Å². The second-order valence-electron chi connectivity index (χ2n) is 5.16. The first-order valence-corrected chi connectivity index (χ1v) is 7.37. The summed E-state index contributed by atoms with van der Waals surface area (Å²) in [4.78, 5) is 0. The predicted molar refractivity (Wildman–Crippen MR) is 81.1 cm³/mol. The van der Waals surface area contributed by atoms with Crippen molar-refractivity contribution in [3.8, 4) is 11.1 Å². The fraction of sp³-hybridized carbons (Fsp3) is 0.294. The summed E-state index contributed by atoms with van der Waals surface area (Å²) in [5, 5.41) is 0. The van der Waals surface area contributed by atoms with Gasteiger partial charge in [0.25, 0.3) is 0 Å². The van der Waals surface area contributed by atoms with Crippen molar-refractivity contribution in [2.75, 3.05) is 6.16 Å². The molecule has 1 radical (unpaired) electrons. The van der Waals surface area contributed by atoms with Gasteiger partial charge in [-0.25, -0.2) is 0 Å². The fourth-order valence-electron chi connectivity index (χ4n) is 3.24. The Hall–Kier alpha value is -0.0261. The molecule has 0 spiro atoms. The topological polar surface area (TPSA) is 0 Å². The third-order valence-electron chi connectivity index (χ3n) is 4.31. The minimum atomic E-state index is 0. The predicted octanol–water partition coefficient (Wildman–Crippen LogP) is 4.34. The molecule has 2 atom stereocenters. The van der Waals surface area contributed by atoms with Crippen molar-refractivity contribution < 1.29 is 32.7 Å². The van der Waals surface area contributed by atoms with Crippen LogP contribution < -0.4 is 0 Å². The summed E-state index contributed by atoms with van der Waals surface area (Å²) in [6.45, 7) is 4.47. The maximum Gasteiger partial charge on any atom is 0 e. The standard InChI is InChI=1S/C17H18P.Y/c1-3-17(11-18)15-7-5-4-6-13(15)14-9-8-12(2)10-16(14)17;/h4,6-10H,3,11,18H2,1-2H3;/q-1;. The molecule has 0 heterocycles. The normalized spacial score (nSPS) is 19.5. The van der Waals surface area contributed by atoms with Gasteiger partial charge in [-0.15, -0.1) is 20.4 Å². The van der Waals surface area contributed by atoms with Crippen molar-refractivity contribution in [2.45, 2.75) is 25.7 Å². The first-order chi connectivity index (χ1) is 8.73. The Morgan fingerprint density at radius 1 is 1.16 bits per heavy atom. The van der Waals surface area contributed by atoms with Crippen molar-refractivity contribution >= 4 is 9.24 Å². The minimum Gasteiger partial charge on any atom is -0.183 e. The van der Waals surface area contributed by atoms with E-state index in [0.717, 1.165) is 12.6 Å². The van der Waals surface area contributed by atoms with Gasteiger partial charge in [-0.05, 0) is 29.6 Å². The number of fused-ring (bicyclic) bond motifs is 3. The van der Waals surface area contributed by atoms with Crippen LogP contribution >= 0.6 is 9.24 Å². The van der Waals surface area contributed by atoms with Gasteiger partial charge in [-0.2, -0.15) is 24.3 Å². The van der Waals surface area contributed by atoms with E-state index in [1.807, 2.05) is 6.07 Å². The molecule has 0 aromatic heterocycles. The zero-order valence-electron chi connectivity index (χ0n) is 11.5. The van der Waals surface area contributed by atoms with Crippen molar-refractivity contribution in [1.29, 1.82) is 0 Å². The van der Waals surface area contributed by atoms with Crippen LogP contribution in [0.3, 0.4) is 0 Å². The molecule has 0 bridgehead atoms. The van der Waals surface area contributed by atoms with Crippen LogP contribution in [0.25, 0.3) is 11.1 Å². The number of hydrogen-bond acceptors (Lipinski definition) is 0. The first-order valence-electron chi connectivity index (χ1n) is 6.55. The van der Waals surface area contributed by atoms with E-state index < -0.39 is 0 Å². The van der Waals surface area contributed by atoms with Crippen molar-refractivity contribution in [2.24, 2.45) is 0 Å². The van der Waals surface area contributed by atoms with Crippen molar-refractivity contribution in [3.05, 3.63) is 59.2 Å². The van der Waals surface area contributed by atoms with E-state index in [9.17, 15) is 0 Å². The Kier molecular flexibility index (Phi) is 4.66. The van der Waals surface area contributed by atoms with E-state index in [0.29, 0.717) is 0 Å². The monoisotopic (exact) mass is 342 g/mol. The second kappa shape index (κ2) is 5.76. The molecule has 2 aromatic rings. The molecule has 95 valence electrons. The number of hydrogen-bond donors (Lipinski definition) is 0. The SMILES string of the molecule is CCC1(CP)c2c[c-]ccc2-c2ccc(C)cc21.[Y]. The molecule has 2 aromatic carbocycles. The number of aryl methyl sites for hydroxylation is 1. The molecule has 0 saturated heterocycles. The minimum absolute atomic E-state index is 0. The van der Waals surface area contributed by atoms with Gasteiger partial charge in [0.15, 0.2) is 0 Å². The van der Waals surface area contributed by atoms with Crippen LogP contribution in [0.4, 0.5) is 0 Å². The number of rotatable bonds is 2. The second-order valence-corrected chi connectivity index (χ2v) is 5.57. The van der Waals surface area contributed by atoms with Gasteiger partial charge >= 0.3 is 0 Å². The molecule has 0 saturated carbocycles. The van der Waals surface area contributed by atoms with Crippen LogP contribution in [-0.2, 0) is 38.1 Å². The summed E-state index contributed by atoms with van der Waals surface area (Å²) in [6.07, 6.45) is 2.21. The zero-order chi connectivity index (χ0) is 12.8. The Labute approximate surface area is 143 Å². The quantitative estimate of drug-likeness (QED) is 0.562. The van der Waals surface area contributed by atoms with Crippen molar-refractivity contribution in [1.82, 2.24) is 0 Å². The Balaban J connectivity index is 0.00000133. The van der Waals surface area contributed by atoms with Gasteiger partial charge in [0, 0.05) is 32.7 Å².